The highest BCUT2D eigenvalue weighted by atomic mass is 32.2. The first-order chi connectivity index (χ1) is 8.55. The third-order valence-corrected chi connectivity index (χ3v) is 4.63. The number of rotatable bonds is 3. The molecule has 100 valence electrons. The minimum absolute atomic E-state index is 0.107. The Hall–Kier alpha value is -0.680. The van der Waals surface area contributed by atoms with Crippen LogP contribution in [0.4, 0.5) is 13.2 Å². The predicted molar refractivity (Wildman–Crippen MR) is 67.3 cm³/mol. The molecule has 0 heterocycles. The number of benzene rings is 1. The van der Waals surface area contributed by atoms with Crippen LogP contribution in [0.5, 0.6) is 0 Å². The molecule has 0 aromatic heterocycles. The zero-order valence-electron chi connectivity index (χ0n) is 10.2. The second-order valence-corrected chi connectivity index (χ2v) is 5.58. The quantitative estimate of drug-likeness (QED) is 0.674. The van der Waals surface area contributed by atoms with Gasteiger partial charge in [-0.1, -0.05) is 12.8 Å². The van der Waals surface area contributed by atoms with Crippen LogP contribution in [0.2, 0.25) is 0 Å². The van der Waals surface area contributed by atoms with Gasteiger partial charge in [-0.2, -0.15) is 0 Å². The lowest BCUT2D eigenvalue weighted by atomic mass is 9.78. The Labute approximate surface area is 109 Å². The lowest BCUT2D eigenvalue weighted by molar-refractivity contribution is 0.392. The third-order valence-electron chi connectivity index (χ3n) is 3.84. The molecule has 0 spiro atoms. The maximum atomic E-state index is 14.1. The van der Waals surface area contributed by atoms with Crippen LogP contribution in [0.15, 0.2) is 11.0 Å². The topological polar surface area (TPSA) is 26.0 Å². The minimum atomic E-state index is -1.09. The molecule has 0 amide bonds. The number of hydrogen-bond acceptors (Lipinski definition) is 2. The summed E-state index contributed by atoms with van der Waals surface area (Å²) in [6.07, 6.45) is 4.75. The summed E-state index contributed by atoms with van der Waals surface area (Å²) in [6, 6.07) is 1.13. The Balaban J connectivity index is 2.58. The van der Waals surface area contributed by atoms with E-state index in [1.807, 2.05) is 0 Å². The van der Waals surface area contributed by atoms with Crippen molar-refractivity contribution in [2.75, 3.05) is 12.8 Å². The summed E-state index contributed by atoms with van der Waals surface area (Å²) in [6.45, 7) is 0.224. The van der Waals surface area contributed by atoms with Gasteiger partial charge in [0, 0.05) is 17.5 Å². The molecule has 1 fully saturated rings. The van der Waals surface area contributed by atoms with Gasteiger partial charge < -0.3 is 5.73 Å². The molecule has 1 aliphatic carbocycles. The first-order valence-electron chi connectivity index (χ1n) is 5.98. The van der Waals surface area contributed by atoms with Crippen LogP contribution < -0.4 is 5.73 Å². The van der Waals surface area contributed by atoms with E-state index >= 15 is 0 Å². The second kappa shape index (κ2) is 5.13. The summed E-state index contributed by atoms with van der Waals surface area (Å²) < 4.78 is 41.7. The predicted octanol–water partition coefficient (Wildman–Crippen LogP) is 3.60. The van der Waals surface area contributed by atoms with E-state index < -0.39 is 22.9 Å². The Morgan fingerprint density at radius 3 is 2.33 bits per heavy atom. The SMILES string of the molecule is CSc1c(F)cc(C2(CN)CCCC2)c(F)c1F. The summed E-state index contributed by atoms with van der Waals surface area (Å²) in [7, 11) is 0. The summed E-state index contributed by atoms with van der Waals surface area (Å²) in [5.74, 6) is -2.72. The zero-order chi connectivity index (χ0) is 13.3. The van der Waals surface area contributed by atoms with E-state index in [1.165, 1.54) is 6.26 Å². The van der Waals surface area contributed by atoms with Crippen LogP contribution >= 0.6 is 11.8 Å². The fourth-order valence-electron chi connectivity index (χ4n) is 2.79. The van der Waals surface area contributed by atoms with Crippen molar-refractivity contribution in [3.05, 3.63) is 29.1 Å². The zero-order valence-corrected chi connectivity index (χ0v) is 11.0. The van der Waals surface area contributed by atoms with Gasteiger partial charge in [0.1, 0.15) is 5.82 Å². The maximum absolute atomic E-state index is 14.1. The number of nitrogens with two attached hydrogens (primary N) is 1. The van der Waals surface area contributed by atoms with E-state index in [-0.39, 0.29) is 17.0 Å². The van der Waals surface area contributed by atoms with Gasteiger partial charge in [-0.15, -0.1) is 11.8 Å². The van der Waals surface area contributed by atoms with E-state index in [9.17, 15) is 13.2 Å². The molecule has 1 aromatic rings. The van der Waals surface area contributed by atoms with Crippen molar-refractivity contribution >= 4 is 11.8 Å². The van der Waals surface area contributed by atoms with Crippen LogP contribution in [0.3, 0.4) is 0 Å². The van der Waals surface area contributed by atoms with Crippen molar-refractivity contribution in [3.8, 4) is 0 Å². The smallest absolute Gasteiger partial charge is 0.175 e. The molecule has 0 saturated heterocycles. The fraction of sp³-hybridized carbons (Fsp3) is 0.538. The molecule has 1 nitrogen and oxygen atoms in total. The Bertz CT molecular complexity index is 456. The van der Waals surface area contributed by atoms with Crippen molar-refractivity contribution in [1.29, 1.82) is 0 Å². The molecule has 0 bridgehead atoms. The van der Waals surface area contributed by atoms with Crippen LogP contribution in [0, 0.1) is 17.5 Å². The molecule has 1 aliphatic rings. The lowest BCUT2D eigenvalue weighted by Crippen LogP contribution is -2.33. The number of hydrogen-bond donors (Lipinski definition) is 1. The van der Waals surface area contributed by atoms with Gasteiger partial charge in [0.15, 0.2) is 11.6 Å². The molecule has 2 N–H and O–H groups in total. The van der Waals surface area contributed by atoms with E-state index in [1.54, 1.807) is 0 Å². The van der Waals surface area contributed by atoms with Crippen LogP contribution in [-0.4, -0.2) is 12.8 Å². The first-order valence-corrected chi connectivity index (χ1v) is 7.20. The van der Waals surface area contributed by atoms with Crippen molar-refractivity contribution in [1.82, 2.24) is 0 Å². The molecule has 0 atom stereocenters. The molecule has 5 heteroatoms. The van der Waals surface area contributed by atoms with Gasteiger partial charge in [0.2, 0.25) is 0 Å². The average molecular weight is 275 g/mol. The van der Waals surface area contributed by atoms with Gasteiger partial charge >= 0.3 is 0 Å². The Kier molecular flexibility index (Phi) is 3.92. The van der Waals surface area contributed by atoms with Crippen LogP contribution in [0.25, 0.3) is 0 Å². The second-order valence-electron chi connectivity index (χ2n) is 4.76. The molecule has 0 radical (unpaired) electrons. The van der Waals surface area contributed by atoms with Gasteiger partial charge in [0.25, 0.3) is 0 Å². The molecule has 1 aromatic carbocycles. The molecular formula is C13H16F3NS. The van der Waals surface area contributed by atoms with Crippen molar-refractivity contribution in [2.24, 2.45) is 5.73 Å². The fourth-order valence-corrected chi connectivity index (χ4v) is 3.31. The van der Waals surface area contributed by atoms with Crippen LogP contribution in [0.1, 0.15) is 31.2 Å². The highest BCUT2D eigenvalue weighted by molar-refractivity contribution is 7.98. The molecule has 1 saturated carbocycles. The lowest BCUT2D eigenvalue weighted by Gasteiger charge is -2.28. The summed E-state index contributed by atoms with van der Waals surface area (Å²) >= 11 is 0.873. The standard InChI is InChI=1S/C13H16F3NS/c1-18-12-9(14)6-8(10(15)11(12)16)13(7-17)4-2-3-5-13/h6H,2-5,7,17H2,1H3. The van der Waals surface area contributed by atoms with Crippen molar-refractivity contribution in [3.63, 3.8) is 0 Å². The van der Waals surface area contributed by atoms with Gasteiger partial charge in [-0.25, -0.2) is 13.2 Å². The molecular weight excluding hydrogens is 259 g/mol. The molecule has 2 rings (SSSR count). The summed E-state index contributed by atoms with van der Waals surface area (Å²) in [5, 5.41) is 0. The monoisotopic (exact) mass is 275 g/mol. The van der Waals surface area contributed by atoms with Gasteiger partial charge in [-0.05, 0) is 25.2 Å². The van der Waals surface area contributed by atoms with E-state index in [4.69, 9.17) is 5.73 Å². The van der Waals surface area contributed by atoms with E-state index in [0.29, 0.717) is 12.8 Å². The normalized spacial score (nSPS) is 18.3. The maximum Gasteiger partial charge on any atom is 0.175 e. The Morgan fingerprint density at radius 1 is 1.22 bits per heavy atom. The van der Waals surface area contributed by atoms with Crippen molar-refractivity contribution in [2.45, 2.75) is 36.0 Å². The van der Waals surface area contributed by atoms with E-state index in [0.717, 1.165) is 30.7 Å². The van der Waals surface area contributed by atoms with Crippen LogP contribution in [-0.2, 0) is 5.41 Å². The highest BCUT2D eigenvalue weighted by Crippen LogP contribution is 2.43. The summed E-state index contributed by atoms with van der Waals surface area (Å²) in [5.41, 5.74) is 5.24. The molecule has 0 unspecified atom stereocenters. The first kappa shape index (κ1) is 13.7. The average Bonchev–Trinajstić information content (AvgIpc) is 2.84. The number of thioether (sulfide) groups is 1. The third kappa shape index (κ3) is 2.03. The van der Waals surface area contributed by atoms with Crippen molar-refractivity contribution < 1.29 is 13.2 Å². The summed E-state index contributed by atoms with van der Waals surface area (Å²) in [4.78, 5) is -0.263. The Morgan fingerprint density at radius 2 is 1.83 bits per heavy atom. The largest absolute Gasteiger partial charge is 0.330 e. The van der Waals surface area contributed by atoms with Gasteiger partial charge in [-0.3, -0.25) is 0 Å². The molecule has 0 aliphatic heterocycles. The minimum Gasteiger partial charge on any atom is -0.330 e. The highest BCUT2D eigenvalue weighted by Gasteiger charge is 2.38. The van der Waals surface area contributed by atoms with Gasteiger partial charge in [0.05, 0.1) is 4.90 Å². The van der Waals surface area contributed by atoms with E-state index in [2.05, 4.69) is 0 Å². The number of halogens is 3. The molecule has 18 heavy (non-hydrogen) atoms.